The van der Waals surface area contributed by atoms with E-state index in [2.05, 4.69) is 5.32 Å². The topological polar surface area (TPSA) is 32.3 Å². The van der Waals surface area contributed by atoms with E-state index in [4.69, 9.17) is 0 Å². The van der Waals surface area contributed by atoms with Crippen molar-refractivity contribution in [2.45, 2.75) is 58.2 Å². The van der Waals surface area contributed by atoms with Gasteiger partial charge in [-0.25, -0.2) is 4.39 Å². The predicted molar refractivity (Wildman–Crippen MR) is 80.5 cm³/mol. The van der Waals surface area contributed by atoms with Crippen molar-refractivity contribution >= 4 is 5.91 Å². The SMILES string of the molecule is Cc1cc(CN2CCCC(NC3CC3)C2=O)cc(C)c1F. The van der Waals surface area contributed by atoms with E-state index in [-0.39, 0.29) is 17.8 Å². The highest BCUT2D eigenvalue weighted by atomic mass is 19.1. The fraction of sp³-hybridized carbons (Fsp3) is 0.588. The number of carbonyl (C=O) groups excluding carboxylic acids is 1. The van der Waals surface area contributed by atoms with Gasteiger partial charge in [0.25, 0.3) is 0 Å². The molecule has 1 atom stereocenters. The van der Waals surface area contributed by atoms with Crippen LogP contribution in [0.4, 0.5) is 4.39 Å². The molecule has 1 aromatic carbocycles. The molecular weight excluding hydrogens is 267 g/mol. The van der Waals surface area contributed by atoms with Crippen LogP contribution < -0.4 is 5.32 Å². The van der Waals surface area contributed by atoms with Crippen molar-refractivity contribution in [3.8, 4) is 0 Å². The van der Waals surface area contributed by atoms with Gasteiger partial charge in [0.15, 0.2) is 0 Å². The Morgan fingerprint density at radius 3 is 2.52 bits per heavy atom. The highest BCUT2D eigenvalue weighted by Gasteiger charge is 2.33. The second-order valence-corrected chi connectivity index (χ2v) is 6.44. The van der Waals surface area contributed by atoms with Gasteiger partial charge in [-0.3, -0.25) is 4.79 Å². The molecule has 4 heteroatoms. The Labute approximate surface area is 125 Å². The molecular formula is C17H23FN2O. The number of hydrogen-bond donors (Lipinski definition) is 1. The van der Waals surface area contributed by atoms with E-state index in [0.29, 0.717) is 23.7 Å². The lowest BCUT2D eigenvalue weighted by Crippen LogP contribution is -2.50. The van der Waals surface area contributed by atoms with Gasteiger partial charge in [0.05, 0.1) is 6.04 Å². The Bertz CT molecular complexity index is 531. The molecule has 1 N–H and O–H groups in total. The van der Waals surface area contributed by atoms with Crippen LogP contribution in [0.3, 0.4) is 0 Å². The molecule has 1 heterocycles. The Morgan fingerprint density at radius 1 is 1.24 bits per heavy atom. The van der Waals surface area contributed by atoms with E-state index in [9.17, 15) is 9.18 Å². The average molecular weight is 290 g/mol. The van der Waals surface area contributed by atoms with Crippen LogP contribution in [0.15, 0.2) is 12.1 Å². The third kappa shape index (κ3) is 3.26. The minimum absolute atomic E-state index is 0.0195. The number of benzene rings is 1. The summed E-state index contributed by atoms with van der Waals surface area (Å²) in [4.78, 5) is 14.4. The van der Waals surface area contributed by atoms with Crippen LogP contribution >= 0.6 is 0 Å². The van der Waals surface area contributed by atoms with Crippen LogP contribution in [-0.4, -0.2) is 29.4 Å². The Morgan fingerprint density at radius 2 is 1.90 bits per heavy atom. The number of likely N-dealkylation sites (tertiary alicyclic amines) is 1. The van der Waals surface area contributed by atoms with E-state index in [1.54, 1.807) is 13.8 Å². The Balaban J connectivity index is 1.69. The van der Waals surface area contributed by atoms with Gasteiger partial charge in [-0.1, -0.05) is 12.1 Å². The maximum Gasteiger partial charge on any atom is 0.240 e. The van der Waals surface area contributed by atoms with Crippen LogP contribution in [0.25, 0.3) is 0 Å². The van der Waals surface area contributed by atoms with Crippen LogP contribution in [0, 0.1) is 19.7 Å². The molecule has 0 spiro atoms. The van der Waals surface area contributed by atoms with Crippen molar-refractivity contribution in [1.82, 2.24) is 10.2 Å². The number of aryl methyl sites for hydroxylation is 2. The largest absolute Gasteiger partial charge is 0.337 e. The number of nitrogens with one attached hydrogen (secondary N) is 1. The number of rotatable bonds is 4. The van der Waals surface area contributed by atoms with Crippen LogP contribution in [-0.2, 0) is 11.3 Å². The Hall–Kier alpha value is -1.42. The summed E-state index contributed by atoms with van der Waals surface area (Å²) in [6.07, 6.45) is 4.36. The van der Waals surface area contributed by atoms with Crippen LogP contribution in [0.2, 0.25) is 0 Å². The van der Waals surface area contributed by atoms with Gasteiger partial charge >= 0.3 is 0 Å². The van der Waals surface area contributed by atoms with E-state index < -0.39 is 0 Å². The van der Waals surface area contributed by atoms with Gasteiger partial charge in [0.1, 0.15) is 5.82 Å². The fourth-order valence-electron chi connectivity index (χ4n) is 3.13. The molecule has 1 saturated carbocycles. The number of halogens is 1. The molecule has 1 aliphatic carbocycles. The highest BCUT2D eigenvalue weighted by molar-refractivity contribution is 5.82. The number of piperidine rings is 1. The highest BCUT2D eigenvalue weighted by Crippen LogP contribution is 2.24. The van der Waals surface area contributed by atoms with Gasteiger partial charge in [-0.15, -0.1) is 0 Å². The summed E-state index contributed by atoms with van der Waals surface area (Å²) in [5.41, 5.74) is 2.33. The molecule has 1 amide bonds. The first kappa shape index (κ1) is 14.5. The zero-order chi connectivity index (χ0) is 15.0. The van der Waals surface area contributed by atoms with Gasteiger partial charge < -0.3 is 10.2 Å². The molecule has 2 aliphatic rings. The molecule has 0 radical (unpaired) electrons. The van der Waals surface area contributed by atoms with Gasteiger partial charge in [0.2, 0.25) is 5.91 Å². The van der Waals surface area contributed by atoms with E-state index in [1.165, 1.54) is 12.8 Å². The first-order valence-corrected chi connectivity index (χ1v) is 7.85. The third-order valence-corrected chi connectivity index (χ3v) is 4.41. The summed E-state index contributed by atoms with van der Waals surface area (Å²) in [5, 5.41) is 3.44. The normalized spacial score (nSPS) is 22.7. The van der Waals surface area contributed by atoms with E-state index in [1.807, 2.05) is 17.0 Å². The van der Waals surface area contributed by atoms with Crippen molar-refractivity contribution in [2.75, 3.05) is 6.54 Å². The van der Waals surface area contributed by atoms with Gasteiger partial charge in [-0.2, -0.15) is 0 Å². The molecule has 2 fully saturated rings. The molecule has 1 saturated heterocycles. The molecule has 0 bridgehead atoms. The number of nitrogens with zero attached hydrogens (tertiary/aromatic N) is 1. The second-order valence-electron chi connectivity index (χ2n) is 6.44. The summed E-state index contributed by atoms with van der Waals surface area (Å²) >= 11 is 0. The quantitative estimate of drug-likeness (QED) is 0.924. The maximum absolute atomic E-state index is 13.7. The van der Waals surface area contributed by atoms with Gasteiger partial charge in [-0.05, 0) is 56.2 Å². The lowest BCUT2D eigenvalue weighted by molar-refractivity contribution is -0.136. The smallest absolute Gasteiger partial charge is 0.240 e. The molecule has 21 heavy (non-hydrogen) atoms. The minimum atomic E-state index is -0.142. The minimum Gasteiger partial charge on any atom is -0.337 e. The standard InChI is InChI=1S/C17H23FN2O/c1-11-8-13(9-12(2)16(11)18)10-20-7-3-4-15(17(20)21)19-14-5-6-14/h8-9,14-15,19H,3-7,10H2,1-2H3. The summed E-state index contributed by atoms with van der Waals surface area (Å²) in [5.74, 6) is 0.0600. The molecule has 3 rings (SSSR count). The molecule has 1 unspecified atom stereocenters. The average Bonchev–Trinajstić information content (AvgIpc) is 3.24. The van der Waals surface area contributed by atoms with Crippen LogP contribution in [0.5, 0.6) is 0 Å². The molecule has 1 aromatic rings. The number of amides is 1. The van der Waals surface area contributed by atoms with Gasteiger partial charge in [0, 0.05) is 19.1 Å². The van der Waals surface area contributed by atoms with E-state index >= 15 is 0 Å². The zero-order valence-electron chi connectivity index (χ0n) is 12.8. The molecule has 0 aromatic heterocycles. The monoisotopic (exact) mass is 290 g/mol. The van der Waals surface area contributed by atoms with Crippen molar-refractivity contribution in [2.24, 2.45) is 0 Å². The lowest BCUT2D eigenvalue weighted by Gasteiger charge is -2.33. The van der Waals surface area contributed by atoms with Crippen LogP contribution in [0.1, 0.15) is 42.4 Å². The summed E-state index contributed by atoms with van der Waals surface area (Å²) in [6.45, 7) is 4.95. The molecule has 114 valence electrons. The van der Waals surface area contributed by atoms with Crippen molar-refractivity contribution in [3.05, 3.63) is 34.6 Å². The molecule has 1 aliphatic heterocycles. The molecule has 3 nitrogen and oxygen atoms in total. The zero-order valence-corrected chi connectivity index (χ0v) is 12.8. The first-order chi connectivity index (χ1) is 10.0. The Kier molecular flexibility index (Phi) is 3.98. The van der Waals surface area contributed by atoms with Crippen molar-refractivity contribution < 1.29 is 9.18 Å². The predicted octanol–water partition coefficient (Wildman–Crippen LogP) is 2.69. The van der Waals surface area contributed by atoms with Crippen molar-refractivity contribution in [1.29, 1.82) is 0 Å². The first-order valence-electron chi connectivity index (χ1n) is 7.85. The maximum atomic E-state index is 13.7. The van der Waals surface area contributed by atoms with Crippen molar-refractivity contribution in [3.63, 3.8) is 0 Å². The summed E-state index contributed by atoms with van der Waals surface area (Å²) < 4.78 is 13.7. The fourth-order valence-corrected chi connectivity index (χ4v) is 3.13. The summed E-state index contributed by atoms with van der Waals surface area (Å²) in [7, 11) is 0. The lowest BCUT2D eigenvalue weighted by atomic mass is 10.0. The number of hydrogen-bond acceptors (Lipinski definition) is 2. The number of carbonyl (C=O) groups is 1. The third-order valence-electron chi connectivity index (χ3n) is 4.41. The van der Waals surface area contributed by atoms with E-state index in [0.717, 1.165) is 24.9 Å². The second kappa shape index (κ2) is 5.76. The summed E-state index contributed by atoms with van der Waals surface area (Å²) in [6, 6.07) is 4.24.